The predicted molar refractivity (Wildman–Crippen MR) is 69.1 cm³/mol. The minimum Gasteiger partial charge on any atom is -0.322 e. The Morgan fingerprint density at radius 1 is 1.41 bits per heavy atom. The monoisotopic (exact) mass is 295 g/mol. The number of rotatable bonds is 2. The van der Waals surface area contributed by atoms with E-state index >= 15 is 0 Å². The lowest BCUT2D eigenvalue weighted by Gasteiger charge is -2.17. The quantitative estimate of drug-likeness (QED) is 0.911. The zero-order valence-corrected chi connectivity index (χ0v) is 11.6. The van der Waals surface area contributed by atoms with Crippen molar-refractivity contribution < 1.29 is 0 Å². The normalized spacial score (nSPS) is 43.8. The first kappa shape index (κ1) is 10.6. The fourth-order valence-electron chi connectivity index (χ4n) is 4.85. The van der Waals surface area contributed by atoms with Crippen LogP contribution in [0.1, 0.15) is 31.0 Å². The molecule has 4 rings (SSSR count). The van der Waals surface area contributed by atoms with Crippen LogP contribution >= 0.6 is 15.9 Å². The highest BCUT2D eigenvalue weighted by atomic mass is 79.9. The third-order valence-electron chi connectivity index (χ3n) is 5.46. The average Bonchev–Trinajstić information content (AvgIpc) is 2.59. The Morgan fingerprint density at radius 3 is 2.59 bits per heavy atom. The van der Waals surface area contributed by atoms with E-state index in [1.807, 2.05) is 17.9 Å². The zero-order chi connectivity index (χ0) is 11.7. The van der Waals surface area contributed by atoms with E-state index in [0.717, 1.165) is 34.1 Å². The van der Waals surface area contributed by atoms with Crippen LogP contribution in [0.25, 0.3) is 0 Å². The van der Waals surface area contributed by atoms with Gasteiger partial charge in [0.2, 0.25) is 0 Å². The molecule has 0 aliphatic heterocycles. The first-order valence-electron chi connectivity index (χ1n) is 6.61. The Balaban J connectivity index is 1.62. The minimum atomic E-state index is 0.176. The number of hydrogen-bond donors (Lipinski definition) is 1. The van der Waals surface area contributed by atoms with Gasteiger partial charge in [0.15, 0.2) is 0 Å². The second-order valence-corrected chi connectivity index (χ2v) is 6.95. The molecule has 0 spiro atoms. The third kappa shape index (κ3) is 1.28. The molecule has 3 aliphatic rings. The van der Waals surface area contributed by atoms with Gasteiger partial charge in [-0.15, -0.1) is 0 Å². The van der Waals surface area contributed by atoms with Gasteiger partial charge in [-0.3, -0.25) is 4.68 Å². The van der Waals surface area contributed by atoms with Crippen LogP contribution in [-0.2, 0) is 7.05 Å². The molecule has 3 saturated carbocycles. The molecule has 0 aromatic carbocycles. The SMILES string of the molecule is Cn1ncc(Br)c1C(N)C1C2C3CCC(C3)C21. The van der Waals surface area contributed by atoms with Gasteiger partial charge in [-0.05, 0) is 64.8 Å². The molecule has 3 nitrogen and oxygen atoms in total. The Hall–Kier alpha value is -0.350. The summed E-state index contributed by atoms with van der Waals surface area (Å²) in [6.07, 6.45) is 6.27. The summed E-state index contributed by atoms with van der Waals surface area (Å²) in [6, 6.07) is 0.176. The molecular weight excluding hydrogens is 278 g/mol. The number of aryl methyl sites for hydroxylation is 1. The molecule has 2 bridgehead atoms. The van der Waals surface area contributed by atoms with E-state index in [1.165, 1.54) is 25.0 Å². The molecule has 3 aliphatic carbocycles. The van der Waals surface area contributed by atoms with Crippen LogP contribution in [-0.4, -0.2) is 9.78 Å². The van der Waals surface area contributed by atoms with Crippen LogP contribution in [0.15, 0.2) is 10.7 Å². The number of fused-ring (bicyclic) bond motifs is 5. The van der Waals surface area contributed by atoms with Crippen LogP contribution in [0.4, 0.5) is 0 Å². The maximum Gasteiger partial charge on any atom is 0.0693 e. The van der Waals surface area contributed by atoms with Crippen molar-refractivity contribution in [2.75, 3.05) is 0 Å². The van der Waals surface area contributed by atoms with Gasteiger partial charge in [0.25, 0.3) is 0 Å². The van der Waals surface area contributed by atoms with Crippen molar-refractivity contribution in [3.63, 3.8) is 0 Å². The lowest BCUT2D eigenvalue weighted by atomic mass is 9.96. The molecule has 2 N–H and O–H groups in total. The lowest BCUT2D eigenvalue weighted by Crippen LogP contribution is -2.20. The van der Waals surface area contributed by atoms with Crippen molar-refractivity contribution in [1.82, 2.24) is 9.78 Å². The van der Waals surface area contributed by atoms with E-state index in [-0.39, 0.29) is 6.04 Å². The van der Waals surface area contributed by atoms with Gasteiger partial charge in [0, 0.05) is 7.05 Å². The Labute approximate surface area is 110 Å². The molecule has 0 amide bonds. The predicted octanol–water partition coefficient (Wildman–Crippen LogP) is 2.47. The maximum absolute atomic E-state index is 6.50. The first-order chi connectivity index (χ1) is 8.18. The van der Waals surface area contributed by atoms with Crippen LogP contribution in [0.5, 0.6) is 0 Å². The van der Waals surface area contributed by atoms with Crippen LogP contribution in [0.2, 0.25) is 0 Å². The molecule has 0 saturated heterocycles. The van der Waals surface area contributed by atoms with Gasteiger partial charge in [-0.2, -0.15) is 5.10 Å². The summed E-state index contributed by atoms with van der Waals surface area (Å²) in [5, 5.41) is 4.28. The molecule has 1 aromatic heterocycles. The largest absolute Gasteiger partial charge is 0.322 e. The van der Waals surface area contributed by atoms with Gasteiger partial charge < -0.3 is 5.73 Å². The van der Waals surface area contributed by atoms with Crippen LogP contribution in [0, 0.1) is 29.6 Å². The summed E-state index contributed by atoms with van der Waals surface area (Å²) in [5.41, 5.74) is 7.68. The summed E-state index contributed by atoms with van der Waals surface area (Å²) in [6.45, 7) is 0. The topological polar surface area (TPSA) is 43.8 Å². The van der Waals surface area contributed by atoms with E-state index in [4.69, 9.17) is 5.73 Å². The molecular formula is C13H18BrN3. The Kier molecular flexibility index (Phi) is 2.08. The highest BCUT2D eigenvalue weighted by Gasteiger charge is 2.66. The number of hydrogen-bond acceptors (Lipinski definition) is 2. The average molecular weight is 296 g/mol. The smallest absolute Gasteiger partial charge is 0.0693 e. The van der Waals surface area contributed by atoms with Crippen molar-refractivity contribution in [3.05, 3.63) is 16.4 Å². The summed E-state index contributed by atoms with van der Waals surface area (Å²) in [5.74, 6) is 4.59. The standard InChI is InChI=1S/C13H18BrN3/c1-17-13(8(14)5-16-17)12(15)11-9-6-2-3-7(4-6)10(9)11/h5-7,9-12H,2-4,15H2,1H3. The summed E-state index contributed by atoms with van der Waals surface area (Å²) >= 11 is 3.58. The number of aromatic nitrogens is 2. The van der Waals surface area contributed by atoms with Crippen LogP contribution < -0.4 is 5.73 Å². The van der Waals surface area contributed by atoms with Crippen molar-refractivity contribution >= 4 is 15.9 Å². The van der Waals surface area contributed by atoms with Gasteiger partial charge in [-0.25, -0.2) is 0 Å². The molecule has 0 radical (unpaired) electrons. The molecule has 5 atom stereocenters. The minimum absolute atomic E-state index is 0.176. The maximum atomic E-state index is 6.50. The highest BCUT2D eigenvalue weighted by molar-refractivity contribution is 9.10. The second kappa shape index (κ2) is 3.35. The van der Waals surface area contributed by atoms with Crippen molar-refractivity contribution in [2.45, 2.75) is 25.3 Å². The summed E-state index contributed by atoms with van der Waals surface area (Å²) in [7, 11) is 1.99. The van der Waals surface area contributed by atoms with Crippen molar-refractivity contribution in [3.8, 4) is 0 Å². The fourth-order valence-corrected chi connectivity index (χ4v) is 5.46. The molecule has 5 unspecified atom stereocenters. The number of halogens is 1. The van der Waals surface area contributed by atoms with Gasteiger partial charge >= 0.3 is 0 Å². The molecule has 3 fully saturated rings. The fraction of sp³-hybridized carbons (Fsp3) is 0.769. The lowest BCUT2D eigenvalue weighted by molar-refractivity contribution is 0.405. The molecule has 92 valence electrons. The zero-order valence-electron chi connectivity index (χ0n) is 10.0. The summed E-state index contributed by atoms with van der Waals surface area (Å²) in [4.78, 5) is 0. The van der Waals surface area contributed by atoms with E-state index < -0.39 is 0 Å². The Morgan fingerprint density at radius 2 is 2.06 bits per heavy atom. The van der Waals surface area contributed by atoms with Gasteiger partial charge in [0.05, 0.1) is 22.4 Å². The van der Waals surface area contributed by atoms with E-state index in [9.17, 15) is 0 Å². The second-order valence-electron chi connectivity index (χ2n) is 6.09. The third-order valence-corrected chi connectivity index (χ3v) is 6.07. The van der Waals surface area contributed by atoms with Gasteiger partial charge in [0.1, 0.15) is 0 Å². The molecule has 4 heteroatoms. The van der Waals surface area contributed by atoms with Crippen molar-refractivity contribution in [1.29, 1.82) is 0 Å². The Bertz CT molecular complexity index is 434. The number of nitrogens with two attached hydrogens (primary N) is 1. The first-order valence-corrected chi connectivity index (χ1v) is 7.40. The van der Waals surface area contributed by atoms with E-state index in [0.29, 0.717) is 0 Å². The highest BCUT2D eigenvalue weighted by Crippen LogP contribution is 2.71. The van der Waals surface area contributed by atoms with Crippen LogP contribution in [0.3, 0.4) is 0 Å². The molecule has 1 aromatic rings. The molecule has 1 heterocycles. The molecule has 17 heavy (non-hydrogen) atoms. The van der Waals surface area contributed by atoms with Crippen molar-refractivity contribution in [2.24, 2.45) is 42.4 Å². The van der Waals surface area contributed by atoms with E-state index in [1.54, 1.807) is 0 Å². The van der Waals surface area contributed by atoms with Gasteiger partial charge in [-0.1, -0.05) is 0 Å². The number of nitrogens with zero attached hydrogens (tertiary/aromatic N) is 2. The summed E-state index contributed by atoms with van der Waals surface area (Å²) < 4.78 is 3.01. The van der Waals surface area contributed by atoms with E-state index in [2.05, 4.69) is 21.0 Å².